The maximum atomic E-state index is 13.1. The highest BCUT2D eigenvalue weighted by atomic mass is 35.5. The molecule has 0 aliphatic rings. The highest BCUT2D eigenvalue weighted by Gasteiger charge is 2.17. The van der Waals surface area contributed by atoms with Gasteiger partial charge in [-0.2, -0.15) is 0 Å². The molecule has 0 aliphatic carbocycles. The maximum absolute atomic E-state index is 13.1. The first-order valence-electron chi connectivity index (χ1n) is 8.11. The number of halogens is 1. The number of pyridine rings is 2. The summed E-state index contributed by atoms with van der Waals surface area (Å²) < 4.78 is 1.90. The third-order valence-corrected chi connectivity index (χ3v) is 5.26. The van der Waals surface area contributed by atoms with E-state index in [2.05, 4.69) is 20.5 Å². The molecular formula is C18H12ClN5O2S2. The van der Waals surface area contributed by atoms with Gasteiger partial charge in [0.25, 0.3) is 11.5 Å². The van der Waals surface area contributed by atoms with Crippen LogP contribution in [0.2, 0.25) is 5.02 Å². The van der Waals surface area contributed by atoms with E-state index in [4.69, 9.17) is 23.8 Å². The van der Waals surface area contributed by atoms with Crippen molar-refractivity contribution in [1.82, 2.24) is 19.7 Å². The minimum absolute atomic E-state index is 0.00409. The Labute approximate surface area is 172 Å². The molecule has 0 atom stereocenters. The molecule has 1 aromatic carbocycles. The molecule has 0 spiro atoms. The lowest BCUT2D eigenvalue weighted by atomic mass is 10.1. The highest BCUT2D eigenvalue weighted by Crippen LogP contribution is 2.16. The Morgan fingerprint density at radius 2 is 2.07 bits per heavy atom. The van der Waals surface area contributed by atoms with Crippen LogP contribution in [0.1, 0.15) is 15.9 Å². The van der Waals surface area contributed by atoms with Gasteiger partial charge in [0.05, 0.1) is 6.54 Å². The van der Waals surface area contributed by atoms with Crippen LogP contribution in [-0.2, 0) is 6.54 Å². The summed E-state index contributed by atoms with van der Waals surface area (Å²) in [6, 6.07) is 12.2. The summed E-state index contributed by atoms with van der Waals surface area (Å²) in [7, 11) is 0. The van der Waals surface area contributed by atoms with Gasteiger partial charge in [0.1, 0.15) is 11.2 Å². The van der Waals surface area contributed by atoms with Gasteiger partial charge in [0, 0.05) is 16.6 Å². The smallest absolute Gasteiger partial charge is 0.265 e. The zero-order chi connectivity index (χ0) is 19.7. The molecule has 7 nitrogen and oxygen atoms in total. The summed E-state index contributed by atoms with van der Waals surface area (Å²) >= 11 is 12.0. The number of benzene rings is 1. The Morgan fingerprint density at radius 1 is 1.29 bits per heavy atom. The molecule has 4 aromatic rings. The van der Waals surface area contributed by atoms with E-state index in [0.29, 0.717) is 25.1 Å². The van der Waals surface area contributed by atoms with Crippen molar-refractivity contribution in [2.24, 2.45) is 0 Å². The predicted octanol–water partition coefficient (Wildman–Crippen LogP) is 3.86. The first-order valence-corrected chi connectivity index (χ1v) is 9.71. The molecule has 0 aliphatic heterocycles. The molecular weight excluding hydrogens is 418 g/mol. The second-order valence-electron chi connectivity index (χ2n) is 5.86. The normalized spacial score (nSPS) is 10.9. The van der Waals surface area contributed by atoms with Crippen molar-refractivity contribution in [3.05, 3.63) is 79.1 Å². The summed E-state index contributed by atoms with van der Waals surface area (Å²) in [5.41, 5.74) is 0.907. The average Bonchev–Trinajstić information content (AvgIpc) is 3.10. The number of nitrogens with zero attached hydrogens (tertiary/aromatic N) is 3. The molecule has 2 N–H and O–H groups in total. The van der Waals surface area contributed by atoms with E-state index in [1.54, 1.807) is 30.5 Å². The Morgan fingerprint density at radius 3 is 2.79 bits per heavy atom. The van der Waals surface area contributed by atoms with Crippen LogP contribution in [0.4, 0.5) is 5.13 Å². The van der Waals surface area contributed by atoms with Crippen LogP contribution < -0.4 is 10.9 Å². The molecule has 0 fully saturated rings. The molecule has 10 heteroatoms. The number of carbonyl (C=O) groups excluding carboxylic acids is 1. The topological polar surface area (TPSA) is 92.7 Å². The molecule has 0 saturated heterocycles. The monoisotopic (exact) mass is 429 g/mol. The van der Waals surface area contributed by atoms with Crippen molar-refractivity contribution in [3.63, 3.8) is 0 Å². The SMILES string of the molecule is O=C(Nc1n[nH]c(=S)s1)c1cc2cccnc2n(Cc2ccc(Cl)cc2)c1=O. The number of amides is 1. The second kappa shape index (κ2) is 7.63. The third-order valence-electron chi connectivity index (χ3n) is 4.01. The van der Waals surface area contributed by atoms with E-state index in [9.17, 15) is 9.59 Å². The molecule has 1 amide bonds. The van der Waals surface area contributed by atoms with Crippen molar-refractivity contribution in [1.29, 1.82) is 0 Å². The van der Waals surface area contributed by atoms with E-state index in [1.807, 2.05) is 12.1 Å². The largest absolute Gasteiger partial charge is 0.296 e. The van der Waals surface area contributed by atoms with Crippen molar-refractivity contribution >= 4 is 57.2 Å². The molecule has 0 radical (unpaired) electrons. The number of nitrogens with one attached hydrogen (secondary N) is 2. The van der Waals surface area contributed by atoms with Crippen molar-refractivity contribution in [3.8, 4) is 0 Å². The second-order valence-corrected chi connectivity index (χ2v) is 7.97. The van der Waals surface area contributed by atoms with Gasteiger partial charge in [-0.25, -0.2) is 4.98 Å². The van der Waals surface area contributed by atoms with Gasteiger partial charge in [0.2, 0.25) is 5.13 Å². The first kappa shape index (κ1) is 18.5. The van der Waals surface area contributed by atoms with Crippen LogP contribution in [0.5, 0.6) is 0 Å². The van der Waals surface area contributed by atoms with Crippen LogP contribution in [0.15, 0.2) is 53.5 Å². The number of hydrogen-bond donors (Lipinski definition) is 2. The van der Waals surface area contributed by atoms with Gasteiger partial charge in [-0.1, -0.05) is 35.1 Å². The Balaban J connectivity index is 1.80. The number of anilines is 1. The standard InChI is InChI=1S/C18H12ClN5O2S2/c19-12-5-3-10(4-6-12)9-24-14-11(2-1-7-20-14)8-13(16(24)26)15(25)21-17-22-23-18(27)28-17/h1-8H,9H2,(H,23,27)(H,21,22,25). The fraction of sp³-hybridized carbons (Fsp3) is 0.0556. The van der Waals surface area contributed by atoms with Crippen molar-refractivity contribution in [2.75, 3.05) is 5.32 Å². The summed E-state index contributed by atoms with van der Waals surface area (Å²) in [5, 5.41) is 10.7. The van der Waals surface area contributed by atoms with Gasteiger partial charge in [-0.05, 0) is 48.1 Å². The summed E-state index contributed by atoms with van der Waals surface area (Å²) in [5.74, 6) is -0.557. The predicted molar refractivity (Wildman–Crippen MR) is 112 cm³/mol. The highest BCUT2D eigenvalue weighted by molar-refractivity contribution is 7.73. The van der Waals surface area contributed by atoms with Crippen molar-refractivity contribution in [2.45, 2.75) is 6.54 Å². The van der Waals surface area contributed by atoms with Crippen LogP contribution in [-0.4, -0.2) is 25.7 Å². The molecule has 0 saturated carbocycles. The van der Waals surface area contributed by atoms with E-state index in [-0.39, 0.29) is 12.1 Å². The number of aromatic nitrogens is 4. The zero-order valence-corrected chi connectivity index (χ0v) is 16.6. The number of fused-ring (bicyclic) bond motifs is 1. The molecule has 3 heterocycles. The van der Waals surface area contributed by atoms with Crippen LogP contribution in [0.3, 0.4) is 0 Å². The third kappa shape index (κ3) is 3.72. The molecule has 3 aromatic heterocycles. The van der Waals surface area contributed by atoms with Gasteiger partial charge in [-0.3, -0.25) is 24.6 Å². The molecule has 140 valence electrons. The minimum atomic E-state index is -0.557. The quantitative estimate of drug-likeness (QED) is 0.480. The van der Waals surface area contributed by atoms with Crippen LogP contribution in [0, 0.1) is 3.95 Å². The van der Waals surface area contributed by atoms with Gasteiger partial charge in [0.15, 0.2) is 3.95 Å². The van der Waals surface area contributed by atoms with E-state index in [1.165, 1.54) is 10.6 Å². The Bertz CT molecular complexity index is 1290. The fourth-order valence-corrected chi connectivity index (χ4v) is 3.65. The lowest BCUT2D eigenvalue weighted by molar-refractivity contribution is 0.102. The maximum Gasteiger partial charge on any atom is 0.265 e. The molecule has 0 unspecified atom stereocenters. The number of aromatic amines is 1. The number of H-pyrrole nitrogens is 1. The minimum Gasteiger partial charge on any atom is -0.296 e. The van der Waals surface area contributed by atoms with E-state index >= 15 is 0 Å². The average molecular weight is 430 g/mol. The van der Waals surface area contributed by atoms with E-state index < -0.39 is 11.5 Å². The fourth-order valence-electron chi connectivity index (χ4n) is 2.74. The van der Waals surface area contributed by atoms with Crippen LogP contribution >= 0.6 is 35.2 Å². The number of hydrogen-bond acceptors (Lipinski definition) is 6. The summed E-state index contributed by atoms with van der Waals surface area (Å²) in [6.45, 7) is 0.256. The Hall–Kier alpha value is -2.88. The van der Waals surface area contributed by atoms with Gasteiger partial charge < -0.3 is 0 Å². The van der Waals surface area contributed by atoms with Crippen LogP contribution in [0.25, 0.3) is 11.0 Å². The van der Waals surface area contributed by atoms with Gasteiger partial charge >= 0.3 is 0 Å². The molecule has 28 heavy (non-hydrogen) atoms. The zero-order valence-electron chi connectivity index (χ0n) is 14.2. The summed E-state index contributed by atoms with van der Waals surface area (Å²) in [4.78, 5) is 30.1. The van der Waals surface area contributed by atoms with Crippen molar-refractivity contribution < 1.29 is 4.79 Å². The van der Waals surface area contributed by atoms with E-state index in [0.717, 1.165) is 16.9 Å². The molecule has 4 rings (SSSR count). The van der Waals surface area contributed by atoms with Gasteiger partial charge in [-0.15, -0.1) is 5.10 Å². The molecule has 0 bridgehead atoms. The Kier molecular flexibility index (Phi) is 5.03. The first-order chi connectivity index (χ1) is 13.5. The number of rotatable bonds is 4. The lowest BCUT2D eigenvalue weighted by Crippen LogP contribution is -2.30. The lowest BCUT2D eigenvalue weighted by Gasteiger charge is -2.12. The number of carbonyl (C=O) groups is 1. The summed E-state index contributed by atoms with van der Waals surface area (Å²) in [6.07, 6.45) is 1.61.